The van der Waals surface area contributed by atoms with Crippen molar-refractivity contribution < 1.29 is 9.90 Å². The van der Waals surface area contributed by atoms with Crippen LogP contribution in [0.25, 0.3) is 0 Å². The Labute approximate surface area is 54.2 Å². The van der Waals surface area contributed by atoms with E-state index in [1.54, 1.807) is 6.08 Å². The van der Waals surface area contributed by atoms with Crippen molar-refractivity contribution in [3.8, 4) is 11.8 Å². The standard InChI is InChI=1S/C7H8O2/c1-6(2)4-3-5-7(8)9/h4H,1-2H3,(H,8,9). The van der Waals surface area contributed by atoms with Crippen LogP contribution in [0.1, 0.15) is 13.8 Å². The van der Waals surface area contributed by atoms with Gasteiger partial charge in [-0.2, -0.15) is 0 Å². The summed E-state index contributed by atoms with van der Waals surface area (Å²) in [6.45, 7) is 3.72. The quantitative estimate of drug-likeness (QED) is 0.490. The third kappa shape index (κ3) is 6.77. The van der Waals surface area contributed by atoms with Gasteiger partial charge in [-0.25, -0.2) is 4.79 Å². The lowest BCUT2D eigenvalue weighted by Crippen LogP contribution is -1.85. The predicted octanol–water partition coefficient (Wildman–Crippen LogP) is 1.04. The van der Waals surface area contributed by atoms with E-state index < -0.39 is 5.97 Å². The summed E-state index contributed by atoms with van der Waals surface area (Å²) in [5.74, 6) is 3.25. The van der Waals surface area contributed by atoms with Crippen LogP contribution >= 0.6 is 0 Å². The Balaban J connectivity index is 3.91. The van der Waals surface area contributed by atoms with E-state index in [-0.39, 0.29) is 0 Å². The predicted molar refractivity (Wildman–Crippen MR) is 34.8 cm³/mol. The summed E-state index contributed by atoms with van der Waals surface area (Å²) in [5, 5.41) is 8.02. The molecule has 0 aromatic rings. The van der Waals surface area contributed by atoms with Gasteiger partial charge in [-0.15, -0.1) is 0 Å². The maximum Gasteiger partial charge on any atom is 0.382 e. The molecule has 0 rings (SSSR count). The highest BCUT2D eigenvalue weighted by molar-refractivity contribution is 5.86. The second-order valence-corrected chi connectivity index (χ2v) is 1.80. The van der Waals surface area contributed by atoms with Gasteiger partial charge < -0.3 is 5.11 Å². The Morgan fingerprint density at radius 1 is 1.56 bits per heavy atom. The van der Waals surface area contributed by atoms with Crippen molar-refractivity contribution in [3.63, 3.8) is 0 Å². The Morgan fingerprint density at radius 2 is 2.11 bits per heavy atom. The average Bonchev–Trinajstić information content (AvgIpc) is 1.63. The van der Waals surface area contributed by atoms with E-state index in [9.17, 15) is 4.79 Å². The van der Waals surface area contributed by atoms with E-state index in [0.29, 0.717) is 0 Å². The van der Waals surface area contributed by atoms with Crippen molar-refractivity contribution in [1.29, 1.82) is 0 Å². The van der Waals surface area contributed by atoms with Gasteiger partial charge in [0.2, 0.25) is 0 Å². The molecule has 1 N–H and O–H groups in total. The van der Waals surface area contributed by atoms with Crippen LogP contribution in [0.15, 0.2) is 11.6 Å². The molecular weight excluding hydrogens is 116 g/mol. The molecule has 48 valence electrons. The molecule has 0 unspecified atom stereocenters. The number of carbonyl (C=O) groups is 1. The summed E-state index contributed by atoms with van der Waals surface area (Å²) in [6, 6.07) is 0. The number of hydrogen-bond donors (Lipinski definition) is 1. The Morgan fingerprint density at radius 3 is 2.44 bits per heavy atom. The fraction of sp³-hybridized carbons (Fsp3) is 0.286. The fourth-order valence-corrected chi connectivity index (χ4v) is 0.242. The molecule has 2 nitrogen and oxygen atoms in total. The lowest BCUT2D eigenvalue weighted by atomic mass is 10.3. The first-order valence-electron chi connectivity index (χ1n) is 2.51. The Kier molecular flexibility index (Phi) is 3.22. The van der Waals surface area contributed by atoms with Crippen LogP contribution in [0, 0.1) is 11.8 Å². The topological polar surface area (TPSA) is 37.3 Å². The molecule has 0 aliphatic rings. The van der Waals surface area contributed by atoms with Crippen molar-refractivity contribution in [2.45, 2.75) is 13.8 Å². The van der Waals surface area contributed by atoms with Crippen molar-refractivity contribution in [1.82, 2.24) is 0 Å². The summed E-state index contributed by atoms with van der Waals surface area (Å²) in [4.78, 5) is 9.78. The molecule has 0 saturated carbocycles. The summed E-state index contributed by atoms with van der Waals surface area (Å²) in [7, 11) is 0. The van der Waals surface area contributed by atoms with Crippen LogP contribution in [-0.2, 0) is 4.79 Å². The summed E-state index contributed by atoms with van der Waals surface area (Å²) >= 11 is 0. The molecule has 0 atom stereocenters. The van der Waals surface area contributed by atoms with Gasteiger partial charge in [-0.3, -0.25) is 0 Å². The smallest absolute Gasteiger partial charge is 0.382 e. The molecule has 0 aliphatic carbocycles. The van der Waals surface area contributed by atoms with Gasteiger partial charge in [0.15, 0.2) is 0 Å². The van der Waals surface area contributed by atoms with Crippen LogP contribution in [0.4, 0.5) is 0 Å². The van der Waals surface area contributed by atoms with E-state index in [1.807, 2.05) is 19.8 Å². The van der Waals surface area contributed by atoms with E-state index in [1.165, 1.54) is 0 Å². The lowest BCUT2D eigenvalue weighted by molar-refractivity contribution is -0.130. The van der Waals surface area contributed by atoms with Crippen LogP contribution in [-0.4, -0.2) is 11.1 Å². The first-order valence-corrected chi connectivity index (χ1v) is 2.51. The minimum absolute atomic E-state index is 1.00. The van der Waals surface area contributed by atoms with Gasteiger partial charge in [0.05, 0.1) is 0 Å². The molecule has 2 heteroatoms. The SMILES string of the molecule is CC(C)=CC#CC(=O)O. The Hall–Kier alpha value is -1.23. The third-order valence-corrected chi connectivity index (χ3v) is 0.540. The van der Waals surface area contributed by atoms with Gasteiger partial charge in [0, 0.05) is 5.92 Å². The number of carboxylic acids is 1. The van der Waals surface area contributed by atoms with Gasteiger partial charge in [0.1, 0.15) is 0 Å². The summed E-state index contributed by atoms with van der Waals surface area (Å²) < 4.78 is 0. The minimum Gasteiger partial charge on any atom is -0.472 e. The number of rotatable bonds is 0. The van der Waals surface area contributed by atoms with Crippen LogP contribution in [0.3, 0.4) is 0 Å². The van der Waals surface area contributed by atoms with Crippen LogP contribution in [0.5, 0.6) is 0 Å². The number of aliphatic carboxylic acids is 1. The highest BCUT2D eigenvalue weighted by Crippen LogP contribution is 1.83. The van der Waals surface area contributed by atoms with Gasteiger partial charge >= 0.3 is 5.97 Å². The highest BCUT2D eigenvalue weighted by Gasteiger charge is 1.79. The maximum atomic E-state index is 9.78. The van der Waals surface area contributed by atoms with Gasteiger partial charge in [0.25, 0.3) is 0 Å². The van der Waals surface area contributed by atoms with Crippen LogP contribution < -0.4 is 0 Å². The van der Waals surface area contributed by atoms with Crippen molar-refractivity contribution in [2.24, 2.45) is 0 Å². The van der Waals surface area contributed by atoms with E-state index >= 15 is 0 Å². The van der Waals surface area contributed by atoms with Crippen molar-refractivity contribution in [2.75, 3.05) is 0 Å². The number of allylic oxidation sites excluding steroid dienone is 2. The molecule has 0 heterocycles. The molecule has 0 aromatic heterocycles. The van der Waals surface area contributed by atoms with Crippen LogP contribution in [0.2, 0.25) is 0 Å². The van der Waals surface area contributed by atoms with Gasteiger partial charge in [-0.05, 0) is 19.9 Å². The second-order valence-electron chi connectivity index (χ2n) is 1.80. The molecule has 0 saturated heterocycles. The first kappa shape index (κ1) is 7.77. The highest BCUT2D eigenvalue weighted by atomic mass is 16.4. The molecule has 0 bridgehead atoms. The summed E-state index contributed by atoms with van der Waals surface area (Å²) in [5.41, 5.74) is 1.00. The zero-order valence-electron chi connectivity index (χ0n) is 5.43. The fourth-order valence-electron chi connectivity index (χ4n) is 0.242. The molecule has 9 heavy (non-hydrogen) atoms. The normalized spacial score (nSPS) is 6.89. The van der Waals surface area contributed by atoms with Gasteiger partial charge in [-0.1, -0.05) is 11.5 Å². The molecule has 0 aliphatic heterocycles. The minimum atomic E-state index is -1.09. The average molecular weight is 124 g/mol. The number of carboxylic acid groups (broad SMARTS) is 1. The van der Waals surface area contributed by atoms with E-state index in [2.05, 4.69) is 5.92 Å². The molecule has 0 radical (unpaired) electrons. The van der Waals surface area contributed by atoms with E-state index in [4.69, 9.17) is 5.11 Å². The summed E-state index contributed by atoms with van der Waals surface area (Å²) in [6.07, 6.45) is 1.56. The monoisotopic (exact) mass is 124 g/mol. The number of hydrogen-bond acceptors (Lipinski definition) is 1. The molecule has 0 fully saturated rings. The largest absolute Gasteiger partial charge is 0.472 e. The lowest BCUT2D eigenvalue weighted by Gasteiger charge is -1.75. The first-order chi connectivity index (χ1) is 4.13. The maximum absolute atomic E-state index is 9.78. The second kappa shape index (κ2) is 3.73. The molecular formula is C7H8O2. The van der Waals surface area contributed by atoms with Crippen molar-refractivity contribution >= 4 is 5.97 Å². The third-order valence-electron chi connectivity index (χ3n) is 0.540. The zero-order chi connectivity index (χ0) is 7.28. The van der Waals surface area contributed by atoms with Crippen molar-refractivity contribution in [3.05, 3.63) is 11.6 Å². The molecule has 0 amide bonds. The molecule has 0 spiro atoms. The van der Waals surface area contributed by atoms with E-state index in [0.717, 1.165) is 5.57 Å². The molecule has 0 aromatic carbocycles. The Bertz CT molecular complexity index is 187. The zero-order valence-corrected chi connectivity index (χ0v) is 5.43.